The average molecular weight is 341 g/mol. The van der Waals surface area contributed by atoms with Crippen LogP contribution in [-0.4, -0.2) is 90.3 Å². The van der Waals surface area contributed by atoms with Gasteiger partial charge in [0.15, 0.2) is 0 Å². The van der Waals surface area contributed by atoms with Crippen LogP contribution in [0.1, 0.15) is 34.6 Å². The number of hydrogen-bond donors (Lipinski definition) is 0. The number of morpholine rings is 1. The Morgan fingerprint density at radius 2 is 1.83 bits per heavy atom. The molecule has 7 nitrogen and oxygen atoms in total. The lowest BCUT2D eigenvalue weighted by molar-refractivity contribution is -0.139. The Kier molecular flexibility index (Phi) is 6.09. The molecule has 24 heavy (non-hydrogen) atoms. The summed E-state index contributed by atoms with van der Waals surface area (Å²) < 4.78 is 10.9. The van der Waals surface area contributed by atoms with Crippen molar-refractivity contribution in [3.05, 3.63) is 0 Å². The minimum Gasteiger partial charge on any atom is -0.444 e. The molecule has 0 radical (unpaired) electrons. The number of carbonyl (C=O) groups is 2. The highest BCUT2D eigenvalue weighted by atomic mass is 16.6. The molecule has 0 aromatic heterocycles. The van der Waals surface area contributed by atoms with Crippen molar-refractivity contribution >= 4 is 12.0 Å². The topological polar surface area (TPSA) is 62.3 Å². The van der Waals surface area contributed by atoms with Crippen molar-refractivity contribution < 1.29 is 19.1 Å². The van der Waals surface area contributed by atoms with Crippen LogP contribution in [0.5, 0.6) is 0 Å². The normalized spacial score (nSPS) is 26.4. The van der Waals surface area contributed by atoms with E-state index in [9.17, 15) is 9.59 Å². The van der Waals surface area contributed by atoms with Gasteiger partial charge in [-0.2, -0.15) is 0 Å². The van der Waals surface area contributed by atoms with Crippen molar-refractivity contribution in [2.45, 2.75) is 52.4 Å². The molecule has 0 aliphatic carbocycles. The molecule has 0 unspecified atom stereocenters. The van der Waals surface area contributed by atoms with Crippen LogP contribution in [0.4, 0.5) is 4.79 Å². The molecule has 2 aliphatic rings. The van der Waals surface area contributed by atoms with Crippen LogP contribution in [0.15, 0.2) is 0 Å². The molecule has 2 rings (SSSR count). The number of hydrogen-bond acceptors (Lipinski definition) is 5. The van der Waals surface area contributed by atoms with E-state index in [-0.39, 0.29) is 24.1 Å². The zero-order valence-corrected chi connectivity index (χ0v) is 15.6. The van der Waals surface area contributed by atoms with Gasteiger partial charge in [-0.25, -0.2) is 4.79 Å². The standard InChI is InChI=1S/C17H31N3O4/c1-13-10-18(6-7-20(13)16(22)24-17(3,4)5)12-15(21)19-8-9-23-14(2)11-19/h13-14H,6-12H2,1-5H3/t13-,14-/m1/s1. The van der Waals surface area contributed by atoms with Gasteiger partial charge in [0.05, 0.1) is 19.3 Å². The second kappa shape index (κ2) is 7.70. The summed E-state index contributed by atoms with van der Waals surface area (Å²) in [6, 6.07) is 0.0324. The summed E-state index contributed by atoms with van der Waals surface area (Å²) in [5.41, 5.74) is -0.489. The van der Waals surface area contributed by atoms with Crippen molar-refractivity contribution in [2.75, 3.05) is 45.9 Å². The first kappa shape index (κ1) is 19.0. The molecule has 2 atom stereocenters. The highest BCUT2D eigenvalue weighted by Crippen LogP contribution is 2.16. The molecule has 0 bridgehead atoms. The van der Waals surface area contributed by atoms with E-state index < -0.39 is 5.60 Å². The van der Waals surface area contributed by atoms with Gasteiger partial charge in [0.1, 0.15) is 5.60 Å². The maximum absolute atomic E-state index is 12.4. The second-order valence-electron chi connectivity index (χ2n) is 7.78. The molecule has 0 aromatic carbocycles. The van der Waals surface area contributed by atoms with Crippen LogP contribution in [0.2, 0.25) is 0 Å². The average Bonchev–Trinajstić information content (AvgIpc) is 2.45. The minimum atomic E-state index is -0.489. The Labute approximate surface area is 144 Å². The predicted octanol–water partition coefficient (Wildman–Crippen LogP) is 1.17. The summed E-state index contributed by atoms with van der Waals surface area (Å²) in [4.78, 5) is 30.4. The number of piperazine rings is 1. The zero-order valence-electron chi connectivity index (χ0n) is 15.6. The Balaban J connectivity index is 1.82. The number of amides is 2. The van der Waals surface area contributed by atoms with Gasteiger partial charge in [0.2, 0.25) is 5.91 Å². The molecule has 2 aliphatic heterocycles. The molecule has 0 spiro atoms. The lowest BCUT2D eigenvalue weighted by atomic mass is 10.2. The smallest absolute Gasteiger partial charge is 0.410 e. The van der Waals surface area contributed by atoms with Gasteiger partial charge in [-0.15, -0.1) is 0 Å². The van der Waals surface area contributed by atoms with Crippen LogP contribution in [-0.2, 0) is 14.3 Å². The number of ether oxygens (including phenoxy) is 2. The second-order valence-corrected chi connectivity index (χ2v) is 7.78. The summed E-state index contributed by atoms with van der Waals surface area (Å²) in [6.07, 6.45) is -0.173. The van der Waals surface area contributed by atoms with Crippen LogP contribution in [0.3, 0.4) is 0 Å². The van der Waals surface area contributed by atoms with Crippen LogP contribution >= 0.6 is 0 Å². The van der Waals surface area contributed by atoms with E-state index in [0.717, 1.165) is 0 Å². The van der Waals surface area contributed by atoms with E-state index in [0.29, 0.717) is 45.9 Å². The molecule has 2 amide bonds. The maximum Gasteiger partial charge on any atom is 0.410 e. The lowest BCUT2D eigenvalue weighted by Gasteiger charge is -2.40. The van der Waals surface area contributed by atoms with Crippen molar-refractivity contribution in [3.8, 4) is 0 Å². The first-order valence-electron chi connectivity index (χ1n) is 8.77. The third kappa shape index (κ3) is 5.34. The Bertz CT molecular complexity index is 463. The zero-order chi connectivity index (χ0) is 17.9. The molecule has 0 saturated carbocycles. The molecule has 2 saturated heterocycles. The van der Waals surface area contributed by atoms with Crippen molar-refractivity contribution in [3.63, 3.8) is 0 Å². The number of carbonyl (C=O) groups excluding carboxylic acids is 2. The third-order valence-electron chi connectivity index (χ3n) is 4.29. The number of nitrogens with zero attached hydrogens (tertiary/aromatic N) is 3. The predicted molar refractivity (Wildman–Crippen MR) is 90.8 cm³/mol. The third-order valence-corrected chi connectivity index (χ3v) is 4.29. The van der Waals surface area contributed by atoms with Crippen molar-refractivity contribution in [2.24, 2.45) is 0 Å². The minimum absolute atomic E-state index is 0.0324. The Morgan fingerprint density at radius 1 is 1.12 bits per heavy atom. The molecule has 138 valence electrons. The van der Waals surface area contributed by atoms with Gasteiger partial charge in [0.25, 0.3) is 0 Å². The molecule has 2 fully saturated rings. The first-order valence-corrected chi connectivity index (χ1v) is 8.77. The van der Waals surface area contributed by atoms with Crippen LogP contribution in [0.25, 0.3) is 0 Å². The lowest BCUT2D eigenvalue weighted by Crippen LogP contribution is -2.57. The molecular weight excluding hydrogens is 310 g/mol. The van der Waals surface area contributed by atoms with Gasteiger partial charge in [0, 0.05) is 38.8 Å². The van der Waals surface area contributed by atoms with Gasteiger partial charge in [-0.05, 0) is 34.6 Å². The quantitative estimate of drug-likeness (QED) is 0.755. The molecule has 0 aromatic rings. The fourth-order valence-electron chi connectivity index (χ4n) is 3.10. The highest BCUT2D eigenvalue weighted by molar-refractivity contribution is 5.78. The fraction of sp³-hybridized carbons (Fsp3) is 0.882. The summed E-state index contributed by atoms with van der Waals surface area (Å²) in [7, 11) is 0. The van der Waals surface area contributed by atoms with E-state index in [1.54, 1.807) is 4.90 Å². The summed E-state index contributed by atoms with van der Waals surface area (Å²) >= 11 is 0. The Hall–Kier alpha value is -1.34. The summed E-state index contributed by atoms with van der Waals surface area (Å²) in [5.74, 6) is 0.142. The maximum atomic E-state index is 12.4. The fourth-order valence-corrected chi connectivity index (χ4v) is 3.10. The molecular formula is C17H31N3O4. The summed E-state index contributed by atoms with van der Waals surface area (Å²) in [6.45, 7) is 13.9. The van der Waals surface area contributed by atoms with Crippen LogP contribution < -0.4 is 0 Å². The van der Waals surface area contributed by atoms with Gasteiger partial charge in [-0.3, -0.25) is 9.69 Å². The van der Waals surface area contributed by atoms with Gasteiger partial charge < -0.3 is 19.3 Å². The summed E-state index contributed by atoms with van der Waals surface area (Å²) in [5, 5.41) is 0. The van der Waals surface area contributed by atoms with Crippen molar-refractivity contribution in [1.82, 2.24) is 14.7 Å². The molecule has 2 heterocycles. The first-order chi connectivity index (χ1) is 11.2. The van der Waals surface area contributed by atoms with Crippen molar-refractivity contribution in [1.29, 1.82) is 0 Å². The van der Waals surface area contributed by atoms with Gasteiger partial charge >= 0.3 is 6.09 Å². The molecule has 7 heteroatoms. The largest absolute Gasteiger partial charge is 0.444 e. The van der Waals surface area contributed by atoms with Crippen LogP contribution in [0, 0.1) is 0 Å². The van der Waals surface area contributed by atoms with Gasteiger partial charge in [-0.1, -0.05) is 0 Å². The highest BCUT2D eigenvalue weighted by Gasteiger charge is 2.32. The van der Waals surface area contributed by atoms with E-state index in [4.69, 9.17) is 9.47 Å². The van der Waals surface area contributed by atoms with E-state index in [1.807, 2.05) is 39.5 Å². The number of rotatable bonds is 2. The van der Waals surface area contributed by atoms with E-state index in [2.05, 4.69) is 4.90 Å². The SMILES string of the molecule is C[C@@H]1CN(C(=O)CN2CCN(C(=O)OC(C)(C)C)[C@H](C)C2)CCO1. The van der Waals surface area contributed by atoms with E-state index >= 15 is 0 Å². The monoisotopic (exact) mass is 341 g/mol. The van der Waals surface area contributed by atoms with E-state index in [1.165, 1.54) is 0 Å². The molecule has 0 N–H and O–H groups in total. The Morgan fingerprint density at radius 3 is 2.42 bits per heavy atom.